The maximum Gasteiger partial charge on any atom is 0.326 e. The summed E-state index contributed by atoms with van der Waals surface area (Å²) in [7, 11) is 2.90. The molecule has 9 nitrogen and oxygen atoms in total. The van der Waals surface area contributed by atoms with Crippen molar-refractivity contribution in [2.24, 2.45) is 5.16 Å². The van der Waals surface area contributed by atoms with Crippen LogP contribution in [0.25, 0.3) is 11.1 Å². The second kappa shape index (κ2) is 9.64. The van der Waals surface area contributed by atoms with E-state index in [1.54, 1.807) is 18.2 Å². The van der Waals surface area contributed by atoms with Crippen LogP contribution in [-0.4, -0.2) is 55.6 Å². The Hall–Kier alpha value is -3.04. The second-order valence-electron chi connectivity index (χ2n) is 6.40. The van der Waals surface area contributed by atoms with Gasteiger partial charge in [0, 0.05) is 42.4 Å². The normalized spacial score (nSPS) is 14.3. The first kappa shape index (κ1) is 21.7. The first-order valence-electron chi connectivity index (χ1n) is 9.11. The maximum absolute atomic E-state index is 12.8. The lowest BCUT2D eigenvalue weighted by atomic mass is 9.99. The third kappa shape index (κ3) is 4.58. The van der Waals surface area contributed by atoms with Crippen LogP contribution in [0.15, 0.2) is 40.4 Å². The molecule has 1 aromatic carbocycles. The van der Waals surface area contributed by atoms with Gasteiger partial charge in [0.25, 0.3) is 11.5 Å². The number of hydrogen-bond donors (Lipinski definition) is 1. The highest BCUT2D eigenvalue weighted by molar-refractivity contribution is 6.31. The summed E-state index contributed by atoms with van der Waals surface area (Å²) in [5.74, 6) is -0.601. The minimum Gasteiger partial charge on any atom is -0.495 e. The van der Waals surface area contributed by atoms with Gasteiger partial charge in [0.1, 0.15) is 18.4 Å². The van der Waals surface area contributed by atoms with Gasteiger partial charge in [-0.1, -0.05) is 11.6 Å². The van der Waals surface area contributed by atoms with Gasteiger partial charge in [-0.05, 0) is 28.9 Å². The molecule has 3 rings (SSSR count). The van der Waals surface area contributed by atoms with Crippen molar-refractivity contribution in [3.05, 3.63) is 51.4 Å². The molecule has 0 saturated heterocycles. The summed E-state index contributed by atoms with van der Waals surface area (Å²) >= 11 is 6.19. The van der Waals surface area contributed by atoms with Crippen molar-refractivity contribution in [3.63, 3.8) is 0 Å². The minimum absolute atomic E-state index is 0.124. The standard InChI is InChI=1S/C20H21ClN2O7/c1-27-6-5-16(20(25)26)23-11-17(28-2)15(10-18(23)24)14-9-12(21)3-4-13(14)19-22-30-8-7-29-19/h3-4,9-11,16H,5-8H2,1-2H3,(H,25,26). The molecule has 0 spiro atoms. The zero-order valence-electron chi connectivity index (χ0n) is 16.5. The number of carbonyl (C=O) groups is 1. The highest BCUT2D eigenvalue weighted by atomic mass is 35.5. The van der Waals surface area contributed by atoms with E-state index >= 15 is 0 Å². The molecule has 0 radical (unpaired) electrons. The number of aliphatic carboxylic acids is 1. The second-order valence-corrected chi connectivity index (χ2v) is 6.84. The fourth-order valence-electron chi connectivity index (χ4n) is 3.12. The Balaban J connectivity index is 2.15. The van der Waals surface area contributed by atoms with Gasteiger partial charge in [-0.15, -0.1) is 0 Å². The van der Waals surface area contributed by atoms with Crippen LogP contribution >= 0.6 is 11.6 Å². The molecular weight excluding hydrogens is 416 g/mol. The highest BCUT2D eigenvalue weighted by Crippen LogP contribution is 2.34. The van der Waals surface area contributed by atoms with E-state index in [2.05, 4.69) is 5.16 Å². The molecule has 2 heterocycles. The number of oxime groups is 1. The molecule has 0 amide bonds. The maximum atomic E-state index is 12.8. The predicted octanol–water partition coefficient (Wildman–Crippen LogP) is 2.55. The summed E-state index contributed by atoms with van der Waals surface area (Å²) in [5.41, 5.74) is 1.01. The van der Waals surface area contributed by atoms with Crippen molar-refractivity contribution in [2.45, 2.75) is 12.5 Å². The van der Waals surface area contributed by atoms with Gasteiger partial charge in [-0.25, -0.2) is 4.79 Å². The number of halogens is 1. The van der Waals surface area contributed by atoms with Crippen molar-refractivity contribution >= 4 is 23.5 Å². The SMILES string of the molecule is COCCC(C(=O)O)n1cc(OC)c(-c2cc(Cl)ccc2C2=NOCCO2)cc1=O. The number of carboxylic acid groups (broad SMARTS) is 1. The smallest absolute Gasteiger partial charge is 0.326 e. The van der Waals surface area contributed by atoms with Gasteiger partial charge >= 0.3 is 5.97 Å². The zero-order valence-corrected chi connectivity index (χ0v) is 17.2. The molecule has 10 heteroatoms. The third-order valence-corrected chi connectivity index (χ3v) is 4.78. The Kier molecular flexibility index (Phi) is 6.96. The van der Waals surface area contributed by atoms with E-state index in [-0.39, 0.29) is 18.9 Å². The molecule has 1 atom stereocenters. The van der Waals surface area contributed by atoms with Crippen molar-refractivity contribution in [2.75, 3.05) is 34.0 Å². The summed E-state index contributed by atoms with van der Waals surface area (Å²) in [4.78, 5) is 29.7. The summed E-state index contributed by atoms with van der Waals surface area (Å²) < 4.78 is 17.1. The molecule has 0 fully saturated rings. The molecular formula is C20H21ClN2O7. The molecule has 1 N–H and O–H groups in total. The van der Waals surface area contributed by atoms with Crippen molar-refractivity contribution in [1.82, 2.24) is 4.57 Å². The Bertz CT molecular complexity index is 1020. The molecule has 0 bridgehead atoms. The Morgan fingerprint density at radius 1 is 1.27 bits per heavy atom. The van der Waals surface area contributed by atoms with Gasteiger partial charge in [0.05, 0.1) is 13.3 Å². The largest absolute Gasteiger partial charge is 0.495 e. The lowest BCUT2D eigenvalue weighted by Gasteiger charge is -2.20. The molecule has 0 saturated carbocycles. The summed E-state index contributed by atoms with van der Waals surface area (Å²) in [6.07, 6.45) is 1.50. The third-order valence-electron chi connectivity index (χ3n) is 4.54. The van der Waals surface area contributed by atoms with Crippen molar-refractivity contribution in [3.8, 4) is 16.9 Å². The first-order valence-corrected chi connectivity index (χ1v) is 9.49. The van der Waals surface area contributed by atoms with E-state index in [4.69, 9.17) is 30.6 Å². The fourth-order valence-corrected chi connectivity index (χ4v) is 3.29. The molecule has 2 aromatic rings. The number of methoxy groups -OCH3 is 2. The lowest BCUT2D eigenvalue weighted by molar-refractivity contribution is -0.141. The number of hydrogen-bond acceptors (Lipinski definition) is 7. The Morgan fingerprint density at radius 3 is 2.70 bits per heavy atom. The summed E-state index contributed by atoms with van der Waals surface area (Å²) in [5, 5.41) is 13.9. The number of nitrogens with zero attached hydrogens (tertiary/aromatic N) is 2. The molecule has 160 valence electrons. The van der Waals surface area contributed by atoms with Crippen LogP contribution in [0.1, 0.15) is 18.0 Å². The first-order chi connectivity index (χ1) is 14.5. The quantitative estimate of drug-likeness (QED) is 0.677. The average Bonchev–Trinajstić information content (AvgIpc) is 2.75. The van der Waals surface area contributed by atoms with Crippen LogP contribution in [-0.2, 0) is 19.1 Å². The predicted molar refractivity (Wildman–Crippen MR) is 109 cm³/mol. The van der Waals surface area contributed by atoms with Crippen LogP contribution in [0, 0.1) is 0 Å². The minimum atomic E-state index is -1.14. The lowest BCUT2D eigenvalue weighted by Crippen LogP contribution is -2.30. The molecule has 1 unspecified atom stereocenters. The molecule has 1 aliphatic heterocycles. The topological polar surface area (TPSA) is 109 Å². The highest BCUT2D eigenvalue weighted by Gasteiger charge is 2.24. The summed E-state index contributed by atoms with van der Waals surface area (Å²) in [6.45, 7) is 0.854. The van der Waals surface area contributed by atoms with E-state index in [0.29, 0.717) is 40.7 Å². The number of aromatic nitrogens is 1. The fraction of sp³-hybridized carbons (Fsp3) is 0.350. The van der Waals surface area contributed by atoms with E-state index < -0.39 is 17.6 Å². The Labute approximate surface area is 177 Å². The van der Waals surface area contributed by atoms with Gasteiger partial charge < -0.3 is 24.2 Å². The van der Waals surface area contributed by atoms with E-state index in [9.17, 15) is 14.7 Å². The average molecular weight is 437 g/mol. The van der Waals surface area contributed by atoms with Crippen LogP contribution in [0.4, 0.5) is 0 Å². The number of ether oxygens (including phenoxy) is 3. The zero-order chi connectivity index (χ0) is 21.7. The van der Waals surface area contributed by atoms with Gasteiger partial charge in [0.15, 0.2) is 6.61 Å². The molecule has 1 aliphatic rings. The van der Waals surface area contributed by atoms with Crippen LogP contribution in [0.2, 0.25) is 5.02 Å². The monoisotopic (exact) mass is 436 g/mol. The Morgan fingerprint density at radius 2 is 2.07 bits per heavy atom. The van der Waals surface area contributed by atoms with Crippen LogP contribution in [0.5, 0.6) is 5.75 Å². The number of pyridine rings is 1. The summed E-state index contributed by atoms with van der Waals surface area (Å²) in [6, 6.07) is 5.23. The van der Waals surface area contributed by atoms with Crippen molar-refractivity contribution < 1.29 is 28.9 Å². The number of rotatable bonds is 8. The van der Waals surface area contributed by atoms with E-state index in [1.807, 2.05) is 0 Å². The van der Waals surface area contributed by atoms with E-state index in [0.717, 1.165) is 4.57 Å². The molecule has 30 heavy (non-hydrogen) atoms. The molecule has 1 aromatic heterocycles. The van der Waals surface area contributed by atoms with Crippen LogP contribution in [0.3, 0.4) is 0 Å². The van der Waals surface area contributed by atoms with Crippen molar-refractivity contribution in [1.29, 1.82) is 0 Å². The molecule has 0 aliphatic carbocycles. The van der Waals surface area contributed by atoms with Crippen LogP contribution < -0.4 is 10.3 Å². The van der Waals surface area contributed by atoms with Gasteiger partial charge in [-0.2, -0.15) is 0 Å². The number of carboxylic acids is 1. The van der Waals surface area contributed by atoms with E-state index in [1.165, 1.54) is 26.5 Å². The number of benzene rings is 1. The van der Waals surface area contributed by atoms with Gasteiger partial charge in [0.2, 0.25) is 0 Å². The van der Waals surface area contributed by atoms with Gasteiger partial charge in [-0.3, -0.25) is 9.36 Å².